The van der Waals surface area contributed by atoms with E-state index in [2.05, 4.69) is 5.32 Å². The van der Waals surface area contributed by atoms with Crippen LogP contribution in [0.1, 0.15) is 54.4 Å². The predicted molar refractivity (Wildman–Crippen MR) is 94.7 cm³/mol. The Hall–Kier alpha value is -2.03. The van der Waals surface area contributed by atoms with Crippen LogP contribution >= 0.6 is 0 Å². The Morgan fingerprint density at radius 3 is 2.31 bits per heavy atom. The summed E-state index contributed by atoms with van der Waals surface area (Å²) in [6.07, 6.45) is -1.35. The van der Waals surface area contributed by atoms with Crippen molar-refractivity contribution in [3.05, 3.63) is 0 Å². The molecule has 0 aromatic carbocycles. The van der Waals surface area contributed by atoms with E-state index in [4.69, 9.17) is 19.9 Å². The third-order valence-electron chi connectivity index (χ3n) is 3.34. The number of imide groups is 1. The molecule has 1 saturated heterocycles. The third-order valence-corrected chi connectivity index (χ3v) is 3.34. The minimum atomic E-state index is -0.770. The molecule has 0 aromatic heterocycles. The van der Waals surface area contributed by atoms with Gasteiger partial charge in [0.1, 0.15) is 17.8 Å². The summed E-state index contributed by atoms with van der Waals surface area (Å²) in [6, 6.07) is -0.928. The normalized spacial score (nSPS) is 19.0. The number of rotatable bonds is 5. The molecule has 1 aliphatic rings. The minimum Gasteiger partial charge on any atom is -0.447 e. The van der Waals surface area contributed by atoms with Crippen LogP contribution in [0.2, 0.25) is 0 Å². The van der Waals surface area contributed by atoms with Crippen LogP contribution in [0.5, 0.6) is 0 Å². The summed E-state index contributed by atoms with van der Waals surface area (Å²) in [5, 5.41) is 2.74. The Balaban J connectivity index is 2.77. The zero-order valence-corrected chi connectivity index (χ0v) is 16.5. The number of cyclic esters (lactones) is 1. The number of carbonyl (C=O) groups excluding carboxylic acids is 3. The summed E-state index contributed by atoms with van der Waals surface area (Å²) in [7, 11) is 0. The SMILES string of the molecule is CC(C)(C)OC(=O)N[C@@H](CCN)C[C@H]1COC(=O)N1C(=O)OC(C)(C)C. The number of nitrogens with two attached hydrogens (primary N) is 1. The van der Waals surface area contributed by atoms with E-state index in [1.165, 1.54) is 0 Å². The fraction of sp³-hybridized carbons (Fsp3) is 0.824. The molecule has 0 aliphatic carbocycles. The molecule has 9 nitrogen and oxygen atoms in total. The highest BCUT2D eigenvalue weighted by Crippen LogP contribution is 2.22. The second-order valence-corrected chi connectivity index (χ2v) is 8.24. The first-order valence-electron chi connectivity index (χ1n) is 8.71. The molecule has 3 N–H and O–H groups in total. The average Bonchev–Trinajstić information content (AvgIpc) is 2.75. The number of hydrogen-bond donors (Lipinski definition) is 2. The van der Waals surface area contributed by atoms with Gasteiger partial charge in [-0.15, -0.1) is 0 Å². The molecule has 0 spiro atoms. The first-order chi connectivity index (χ1) is 11.8. The number of nitrogens with one attached hydrogen (secondary N) is 1. The van der Waals surface area contributed by atoms with Gasteiger partial charge in [-0.3, -0.25) is 0 Å². The maximum Gasteiger partial charge on any atom is 0.420 e. The highest BCUT2D eigenvalue weighted by Gasteiger charge is 2.41. The fourth-order valence-corrected chi connectivity index (χ4v) is 2.42. The topological polar surface area (TPSA) is 120 Å². The average molecular weight is 373 g/mol. The first-order valence-corrected chi connectivity index (χ1v) is 8.71. The zero-order chi connectivity index (χ0) is 20.1. The molecule has 2 atom stereocenters. The second-order valence-electron chi connectivity index (χ2n) is 8.24. The Labute approximate surface area is 154 Å². The number of ether oxygens (including phenoxy) is 3. The van der Waals surface area contributed by atoms with Gasteiger partial charge in [0.2, 0.25) is 0 Å². The van der Waals surface area contributed by atoms with Gasteiger partial charge in [-0.05, 0) is 60.9 Å². The monoisotopic (exact) mass is 373 g/mol. The van der Waals surface area contributed by atoms with Crippen molar-refractivity contribution in [2.45, 2.75) is 77.7 Å². The standard InChI is InChI=1S/C17H31N3O6/c1-16(2,3)25-13(21)19-11(7-8-18)9-12-10-24-14(22)20(12)15(23)26-17(4,5)6/h11-12H,7-10,18H2,1-6H3,(H,19,21)/t11-,12-/m0/s1. The second kappa shape index (κ2) is 8.57. The van der Waals surface area contributed by atoms with Gasteiger partial charge in [0.25, 0.3) is 0 Å². The van der Waals surface area contributed by atoms with E-state index in [9.17, 15) is 14.4 Å². The fourth-order valence-electron chi connectivity index (χ4n) is 2.42. The van der Waals surface area contributed by atoms with Gasteiger partial charge < -0.3 is 25.3 Å². The number of hydrogen-bond acceptors (Lipinski definition) is 7. The third kappa shape index (κ3) is 7.47. The van der Waals surface area contributed by atoms with Crippen LogP contribution < -0.4 is 11.1 Å². The lowest BCUT2D eigenvalue weighted by Crippen LogP contribution is -2.47. The summed E-state index contributed by atoms with van der Waals surface area (Å²) in [4.78, 5) is 37.2. The molecule has 3 amide bonds. The van der Waals surface area contributed by atoms with Crippen molar-refractivity contribution < 1.29 is 28.6 Å². The van der Waals surface area contributed by atoms with E-state index in [1.807, 2.05) is 0 Å². The Morgan fingerprint density at radius 1 is 1.23 bits per heavy atom. The van der Waals surface area contributed by atoms with E-state index >= 15 is 0 Å². The predicted octanol–water partition coefficient (Wildman–Crippen LogP) is 2.37. The molecular formula is C17H31N3O6. The van der Waals surface area contributed by atoms with Gasteiger partial charge in [0, 0.05) is 6.04 Å². The highest BCUT2D eigenvalue weighted by molar-refractivity contribution is 5.89. The van der Waals surface area contributed by atoms with Gasteiger partial charge in [-0.1, -0.05) is 0 Å². The van der Waals surface area contributed by atoms with E-state index < -0.39 is 35.5 Å². The van der Waals surface area contributed by atoms with Crippen LogP contribution in [0.4, 0.5) is 14.4 Å². The summed E-state index contributed by atoms with van der Waals surface area (Å²) in [5.41, 5.74) is 4.24. The van der Waals surface area contributed by atoms with E-state index in [0.29, 0.717) is 19.4 Å². The van der Waals surface area contributed by atoms with E-state index in [1.54, 1.807) is 41.5 Å². The lowest BCUT2D eigenvalue weighted by atomic mass is 10.0. The van der Waals surface area contributed by atoms with Gasteiger partial charge >= 0.3 is 18.3 Å². The van der Waals surface area contributed by atoms with Crippen LogP contribution in [0.3, 0.4) is 0 Å². The maximum atomic E-state index is 12.3. The van der Waals surface area contributed by atoms with Gasteiger partial charge in [-0.2, -0.15) is 0 Å². The van der Waals surface area contributed by atoms with Crippen molar-refractivity contribution in [3.63, 3.8) is 0 Å². The Bertz CT molecular complexity index is 524. The molecule has 26 heavy (non-hydrogen) atoms. The molecule has 9 heteroatoms. The smallest absolute Gasteiger partial charge is 0.420 e. The number of alkyl carbamates (subject to hydrolysis) is 1. The van der Waals surface area contributed by atoms with Crippen molar-refractivity contribution >= 4 is 18.3 Å². The molecule has 1 fully saturated rings. The molecule has 0 aromatic rings. The van der Waals surface area contributed by atoms with Crippen LogP contribution in [-0.4, -0.2) is 59.6 Å². The lowest BCUT2D eigenvalue weighted by Gasteiger charge is -2.28. The van der Waals surface area contributed by atoms with Crippen LogP contribution in [-0.2, 0) is 14.2 Å². The van der Waals surface area contributed by atoms with Crippen LogP contribution in [0.15, 0.2) is 0 Å². The zero-order valence-electron chi connectivity index (χ0n) is 16.5. The van der Waals surface area contributed by atoms with Gasteiger partial charge in [0.05, 0.1) is 6.04 Å². The lowest BCUT2D eigenvalue weighted by molar-refractivity contribution is 0.0280. The van der Waals surface area contributed by atoms with Crippen molar-refractivity contribution in [2.24, 2.45) is 5.73 Å². The molecule has 1 aliphatic heterocycles. The van der Waals surface area contributed by atoms with Crippen molar-refractivity contribution in [1.29, 1.82) is 0 Å². The Kier molecular flexibility index (Phi) is 7.25. The number of amides is 3. The number of carbonyl (C=O) groups is 3. The summed E-state index contributed by atoms with van der Waals surface area (Å²) in [6.45, 7) is 10.8. The first kappa shape index (κ1) is 22.0. The van der Waals surface area contributed by atoms with Crippen molar-refractivity contribution in [3.8, 4) is 0 Å². The molecule has 0 bridgehead atoms. The summed E-state index contributed by atoms with van der Waals surface area (Å²) < 4.78 is 15.5. The van der Waals surface area contributed by atoms with Crippen molar-refractivity contribution in [2.75, 3.05) is 13.2 Å². The van der Waals surface area contributed by atoms with Crippen LogP contribution in [0, 0.1) is 0 Å². The molecule has 0 radical (unpaired) electrons. The van der Waals surface area contributed by atoms with E-state index in [0.717, 1.165) is 4.90 Å². The highest BCUT2D eigenvalue weighted by atomic mass is 16.6. The molecule has 0 saturated carbocycles. The van der Waals surface area contributed by atoms with E-state index in [-0.39, 0.29) is 12.6 Å². The maximum absolute atomic E-state index is 12.3. The minimum absolute atomic E-state index is 0.0369. The molecule has 0 unspecified atom stereocenters. The molecule has 150 valence electrons. The summed E-state index contributed by atoms with van der Waals surface area (Å²) in [5.74, 6) is 0. The van der Waals surface area contributed by atoms with Gasteiger partial charge in [0.15, 0.2) is 0 Å². The molecular weight excluding hydrogens is 342 g/mol. The van der Waals surface area contributed by atoms with Gasteiger partial charge in [-0.25, -0.2) is 19.3 Å². The molecule has 1 heterocycles. The van der Waals surface area contributed by atoms with Crippen molar-refractivity contribution in [1.82, 2.24) is 10.2 Å². The largest absolute Gasteiger partial charge is 0.447 e. The summed E-state index contributed by atoms with van der Waals surface area (Å²) >= 11 is 0. The molecule has 1 rings (SSSR count). The Morgan fingerprint density at radius 2 is 1.81 bits per heavy atom. The van der Waals surface area contributed by atoms with Crippen LogP contribution in [0.25, 0.3) is 0 Å². The quantitative estimate of drug-likeness (QED) is 0.710. The number of nitrogens with zero attached hydrogens (tertiary/aromatic N) is 1.